The molecule has 0 saturated carbocycles. The number of hydrogen-bond donors (Lipinski definition) is 1. The third-order valence-electron chi connectivity index (χ3n) is 1.39. The number of rotatable bonds is 1. The van der Waals surface area contributed by atoms with Gasteiger partial charge in [-0.3, -0.25) is 0 Å². The standard InChI is InChI=1S/C9H9FO/c1-2-9(11)7-4-3-5-8(10)6-7/h2-6,11H,1H3. The van der Waals surface area contributed by atoms with Crippen molar-refractivity contribution in [1.29, 1.82) is 0 Å². The minimum Gasteiger partial charge on any atom is -0.508 e. The highest BCUT2D eigenvalue weighted by molar-refractivity contribution is 5.57. The van der Waals surface area contributed by atoms with Crippen molar-refractivity contribution in [2.45, 2.75) is 6.92 Å². The minimum atomic E-state index is -0.337. The Balaban J connectivity index is 3.06. The van der Waals surface area contributed by atoms with E-state index in [1.807, 2.05) is 0 Å². The first kappa shape index (κ1) is 7.79. The Bertz CT molecular complexity index is 279. The van der Waals surface area contributed by atoms with Gasteiger partial charge in [0.15, 0.2) is 0 Å². The van der Waals surface area contributed by atoms with E-state index in [1.54, 1.807) is 19.1 Å². The van der Waals surface area contributed by atoms with E-state index in [2.05, 4.69) is 0 Å². The zero-order valence-electron chi connectivity index (χ0n) is 6.21. The number of aliphatic hydroxyl groups is 1. The molecule has 0 heterocycles. The Morgan fingerprint density at radius 3 is 2.82 bits per heavy atom. The maximum Gasteiger partial charge on any atom is 0.123 e. The molecule has 58 valence electrons. The molecule has 1 aromatic rings. The van der Waals surface area contributed by atoms with Crippen molar-refractivity contribution in [2.75, 3.05) is 0 Å². The lowest BCUT2D eigenvalue weighted by atomic mass is 10.2. The largest absolute Gasteiger partial charge is 0.508 e. The Morgan fingerprint density at radius 1 is 1.55 bits per heavy atom. The number of allylic oxidation sites excluding steroid dienone is 1. The molecule has 0 aromatic heterocycles. The van der Waals surface area contributed by atoms with Crippen molar-refractivity contribution >= 4 is 5.76 Å². The van der Waals surface area contributed by atoms with Crippen molar-refractivity contribution in [2.24, 2.45) is 0 Å². The van der Waals surface area contributed by atoms with Gasteiger partial charge in [0.05, 0.1) is 0 Å². The van der Waals surface area contributed by atoms with Crippen molar-refractivity contribution in [3.63, 3.8) is 0 Å². The molecule has 0 bridgehead atoms. The highest BCUT2D eigenvalue weighted by atomic mass is 19.1. The molecule has 0 fully saturated rings. The van der Waals surface area contributed by atoms with E-state index in [0.29, 0.717) is 5.56 Å². The fourth-order valence-corrected chi connectivity index (χ4v) is 0.814. The minimum absolute atomic E-state index is 0.101. The summed E-state index contributed by atoms with van der Waals surface area (Å²) in [5, 5.41) is 9.15. The normalized spacial score (nSPS) is 11.6. The molecule has 1 aromatic carbocycles. The second kappa shape index (κ2) is 3.19. The van der Waals surface area contributed by atoms with Gasteiger partial charge in [-0.05, 0) is 25.1 Å². The van der Waals surface area contributed by atoms with Crippen LogP contribution in [0.3, 0.4) is 0 Å². The molecule has 2 heteroatoms. The highest BCUT2D eigenvalue weighted by Crippen LogP contribution is 2.11. The lowest BCUT2D eigenvalue weighted by molar-refractivity contribution is 0.509. The van der Waals surface area contributed by atoms with E-state index in [0.717, 1.165) is 0 Å². The summed E-state index contributed by atoms with van der Waals surface area (Å²) < 4.78 is 12.5. The van der Waals surface area contributed by atoms with Crippen LogP contribution in [0, 0.1) is 5.82 Å². The molecule has 0 aliphatic carbocycles. The van der Waals surface area contributed by atoms with Crippen LogP contribution in [0.25, 0.3) is 5.76 Å². The second-order valence-corrected chi connectivity index (χ2v) is 2.18. The number of aliphatic hydroxyl groups excluding tert-OH is 1. The summed E-state index contributed by atoms with van der Waals surface area (Å²) in [5.41, 5.74) is 0.507. The third-order valence-corrected chi connectivity index (χ3v) is 1.39. The van der Waals surface area contributed by atoms with Gasteiger partial charge in [-0.25, -0.2) is 4.39 Å². The molecule has 0 spiro atoms. The van der Waals surface area contributed by atoms with Crippen LogP contribution in [-0.4, -0.2) is 5.11 Å². The highest BCUT2D eigenvalue weighted by Gasteiger charge is 1.97. The first-order valence-corrected chi connectivity index (χ1v) is 3.35. The van der Waals surface area contributed by atoms with Crippen LogP contribution in [0.2, 0.25) is 0 Å². The average molecular weight is 152 g/mol. The van der Waals surface area contributed by atoms with Gasteiger partial charge in [0.25, 0.3) is 0 Å². The van der Waals surface area contributed by atoms with Gasteiger partial charge in [0.2, 0.25) is 0 Å². The molecule has 1 N–H and O–H groups in total. The predicted molar refractivity (Wildman–Crippen MR) is 42.7 cm³/mol. The summed E-state index contributed by atoms with van der Waals surface area (Å²) in [6.07, 6.45) is 1.52. The van der Waals surface area contributed by atoms with Gasteiger partial charge in [-0.2, -0.15) is 0 Å². The fourth-order valence-electron chi connectivity index (χ4n) is 0.814. The molecule has 0 amide bonds. The Morgan fingerprint density at radius 2 is 2.27 bits per heavy atom. The van der Waals surface area contributed by atoms with Crippen LogP contribution in [0.5, 0.6) is 0 Å². The summed E-state index contributed by atoms with van der Waals surface area (Å²) in [4.78, 5) is 0. The maximum absolute atomic E-state index is 12.5. The first-order chi connectivity index (χ1) is 5.24. The van der Waals surface area contributed by atoms with Gasteiger partial charge in [0.1, 0.15) is 11.6 Å². The number of halogens is 1. The smallest absolute Gasteiger partial charge is 0.123 e. The van der Waals surface area contributed by atoms with Crippen LogP contribution in [-0.2, 0) is 0 Å². The summed E-state index contributed by atoms with van der Waals surface area (Å²) in [5.74, 6) is -0.236. The van der Waals surface area contributed by atoms with Gasteiger partial charge in [-0.1, -0.05) is 12.1 Å². The van der Waals surface area contributed by atoms with Gasteiger partial charge in [0, 0.05) is 5.56 Å². The van der Waals surface area contributed by atoms with Gasteiger partial charge in [-0.15, -0.1) is 0 Å². The third kappa shape index (κ3) is 1.80. The Labute approximate surface area is 64.8 Å². The van der Waals surface area contributed by atoms with E-state index in [9.17, 15) is 4.39 Å². The molecule has 0 unspecified atom stereocenters. The molecular weight excluding hydrogens is 143 g/mol. The van der Waals surface area contributed by atoms with E-state index < -0.39 is 0 Å². The van der Waals surface area contributed by atoms with Crippen molar-refractivity contribution < 1.29 is 9.50 Å². The molecule has 1 rings (SSSR count). The molecular formula is C9H9FO. The lowest BCUT2D eigenvalue weighted by Crippen LogP contribution is -1.82. The van der Waals surface area contributed by atoms with E-state index in [-0.39, 0.29) is 11.6 Å². The topological polar surface area (TPSA) is 20.2 Å². The van der Waals surface area contributed by atoms with E-state index >= 15 is 0 Å². The first-order valence-electron chi connectivity index (χ1n) is 3.35. The van der Waals surface area contributed by atoms with Crippen molar-refractivity contribution in [3.8, 4) is 0 Å². The molecule has 0 saturated heterocycles. The van der Waals surface area contributed by atoms with Crippen LogP contribution < -0.4 is 0 Å². The Kier molecular flexibility index (Phi) is 2.26. The Hall–Kier alpha value is -1.31. The molecule has 0 radical (unpaired) electrons. The van der Waals surface area contributed by atoms with Gasteiger partial charge >= 0.3 is 0 Å². The second-order valence-electron chi connectivity index (χ2n) is 2.18. The summed E-state index contributed by atoms with van der Waals surface area (Å²) >= 11 is 0. The molecule has 0 aliphatic rings. The zero-order chi connectivity index (χ0) is 8.27. The van der Waals surface area contributed by atoms with Crippen LogP contribution >= 0.6 is 0 Å². The molecule has 11 heavy (non-hydrogen) atoms. The van der Waals surface area contributed by atoms with Gasteiger partial charge < -0.3 is 5.11 Å². The summed E-state index contributed by atoms with van der Waals surface area (Å²) in [7, 11) is 0. The SMILES string of the molecule is CC=C(O)c1cccc(F)c1. The number of benzene rings is 1. The van der Waals surface area contributed by atoms with Crippen molar-refractivity contribution in [1.82, 2.24) is 0 Å². The monoisotopic (exact) mass is 152 g/mol. The molecule has 0 aliphatic heterocycles. The van der Waals surface area contributed by atoms with E-state index in [1.165, 1.54) is 18.2 Å². The maximum atomic E-state index is 12.5. The predicted octanol–water partition coefficient (Wildman–Crippen LogP) is 2.74. The lowest BCUT2D eigenvalue weighted by Gasteiger charge is -1.97. The van der Waals surface area contributed by atoms with Crippen molar-refractivity contribution in [3.05, 3.63) is 41.7 Å². The van der Waals surface area contributed by atoms with Crippen LogP contribution in [0.4, 0.5) is 4.39 Å². The average Bonchev–Trinajstić information content (AvgIpc) is 2.03. The van der Waals surface area contributed by atoms with Crippen LogP contribution in [0.1, 0.15) is 12.5 Å². The molecule has 1 nitrogen and oxygen atoms in total. The molecule has 0 atom stereocenters. The quantitative estimate of drug-likeness (QED) is 0.613. The summed E-state index contributed by atoms with van der Waals surface area (Å²) in [6, 6.07) is 5.84. The van der Waals surface area contributed by atoms with E-state index in [4.69, 9.17) is 5.11 Å². The number of hydrogen-bond acceptors (Lipinski definition) is 1. The fraction of sp³-hybridized carbons (Fsp3) is 0.111. The van der Waals surface area contributed by atoms with Crippen LogP contribution in [0.15, 0.2) is 30.3 Å². The zero-order valence-corrected chi connectivity index (χ0v) is 6.21. The summed E-state index contributed by atoms with van der Waals surface area (Å²) in [6.45, 7) is 1.69.